The van der Waals surface area contributed by atoms with E-state index in [4.69, 9.17) is 9.47 Å². The summed E-state index contributed by atoms with van der Waals surface area (Å²) in [6.07, 6.45) is 24.3. The minimum atomic E-state index is -0.153. The number of carbonyl (C=O) groups is 1. The zero-order chi connectivity index (χ0) is 21.7. The smallest absolute Gasteiger partial charge is 0.305 e. The lowest BCUT2D eigenvalue weighted by Gasteiger charge is -2.26. The van der Waals surface area contributed by atoms with E-state index in [-0.39, 0.29) is 18.4 Å². The van der Waals surface area contributed by atoms with Gasteiger partial charge in [-0.15, -0.1) is 0 Å². The Labute approximate surface area is 183 Å². The van der Waals surface area contributed by atoms with E-state index < -0.39 is 0 Å². The SMILES string of the molecule is CCCCC/C=C\C[C@@H](/C=C/C#CC/C=C\CCCC(=O)OC)OC1CCCCO1. The van der Waals surface area contributed by atoms with E-state index in [0.29, 0.717) is 12.8 Å². The molecule has 0 aliphatic carbocycles. The molecule has 1 heterocycles. The second-order valence-corrected chi connectivity index (χ2v) is 7.50. The van der Waals surface area contributed by atoms with Gasteiger partial charge in [-0.25, -0.2) is 0 Å². The van der Waals surface area contributed by atoms with Gasteiger partial charge in [0.25, 0.3) is 0 Å². The molecular formula is C26H40O4. The van der Waals surface area contributed by atoms with Crippen LogP contribution < -0.4 is 0 Å². The maximum Gasteiger partial charge on any atom is 0.305 e. The van der Waals surface area contributed by atoms with Gasteiger partial charge in [-0.2, -0.15) is 0 Å². The van der Waals surface area contributed by atoms with Crippen LogP contribution in [0.15, 0.2) is 36.5 Å². The molecular weight excluding hydrogens is 376 g/mol. The van der Waals surface area contributed by atoms with Crippen LogP contribution in [0.25, 0.3) is 0 Å². The van der Waals surface area contributed by atoms with Crippen LogP contribution in [-0.4, -0.2) is 32.1 Å². The van der Waals surface area contributed by atoms with E-state index in [1.165, 1.54) is 32.8 Å². The highest BCUT2D eigenvalue weighted by Gasteiger charge is 2.17. The van der Waals surface area contributed by atoms with Crippen LogP contribution in [0, 0.1) is 11.8 Å². The average molecular weight is 417 g/mol. The normalized spacial score (nSPS) is 18.0. The first-order valence-corrected chi connectivity index (χ1v) is 11.5. The van der Waals surface area contributed by atoms with Crippen molar-refractivity contribution in [1.82, 2.24) is 0 Å². The number of rotatable bonds is 14. The third kappa shape index (κ3) is 15.1. The Morgan fingerprint density at radius 1 is 1.13 bits per heavy atom. The summed E-state index contributed by atoms with van der Waals surface area (Å²) in [6, 6.07) is 0. The molecule has 1 rings (SSSR count). The molecule has 0 radical (unpaired) electrons. The molecule has 168 valence electrons. The Kier molecular flexibility index (Phi) is 16.7. The number of allylic oxidation sites excluding steroid dienone is 4. The van der Waals surface area contributed by atoms with Crippen LogP contribution in [0.2, 0.25) is 0 Å². The van der Waals surface area contributed by atoms with Crippen molar-refractivity contribution in [2.45, 2.75) is 96.4 Å². The van der Waals surface area contributed by atoms with Crippen LogP contribution in [0.5, 0.6) is 0 Å². The Hall–Kier alpha value is -1.83. The van der Waals surface area contributed by atoms with Gasteiger partial charge in [0.1, 0.15) is 0 Å². The molecule has 4 nitrogen and oxygen atoms in total. The van der Waals surface area contributed by atoms with Gasteiger partial charge in [-0.3, -0.25) is 4.79 Å². The number of hydrogen-bond acceptors (Lipinski definition) is 4. The van der Waals surface area contributed by atoms with E-state index in [1.807, 2.05) is 18.2 Å². The zero-order valence-electron chi connectivity index (χ0n) is 18.9. The molecule has 1 unspecified atom stereocenters. The van der Waals surface area contributed by atoms with Gasteiger partial charge < -0.3 is 14.2 Å². The molecule has 4 heteroatoms. The molecule has 0 spiro atoms. The van der Waals surface area contributed by atoms with Crippen molar-refractivity contribution >= 4 is 5.97 Å². The molecule has 0 bridgehead atoms. The van der Waals surface area contributed by atoms with Gasteiger partial charge in [0.15, 0.2) is 6.29 Å². The molecule has 30 heavy (non-hydrogen) atoms. The quantitative estimate of drug-likeness (QED) is 0.145. The summed E-state index contributed by atoms with van der Waals surface area (Å²) in [6.45, 7) is 3.02. The maximum absolute atomic E-state index is 11.0. The first-order valence-electron chi connectivity index (χ1n) is 11.5. The lowest BCUT2D eigenvalue weighted by molar-refractivity contribution is -0.177. The summed E-state index contributed by atoms with van der Waals surface area (Å²) in [5.74, 6) is 6.06. The van der Waals surface area contributed by atoms with Crippen LogP contribution in [0.1, 0.15) is 84.0 Å². The molecule has 1 aliphatic heterocycles. The van der Waals surface area contributed by atoms with Gasteiger partial charge in [0.2, 0.25) is 0 Å². The van der Waals surface area contributed by atoms with Crippen molar-refractivity contribution in [3.05, 3.63) is 36.5 Å². The van der Waals surface area contributed by atoms with Crippen LogP contribution in [0.3, 0.4) is 0 Å². The van der Waals surface area contributed by atoms with Crippen molar-refractivity contribution in [3.63, 3.8) is 0 Å². The minimum absolute atomic E-state index is 0.00121. The number of carbonyl (C=O) groups excluding carboxylic acids is 1. The van der Waals surface area contributed by atoms with Crippen molar-refractivity contribution in [3.8, 4) is 11.8 Å². The number of methoxy groups -OCH3 is 1. The van der Waals surface area contributed by atoms with Crippen molar-refractivity contribution in [1.29, 1.82) is 0 Å². The Morgan fingerprint density at radius 2 is 1.97 bits per heavy atom. The fourth-order valence-corrected chi connectivity index (χ4v) is 3.05. The van der Waals surface area contributed by atoms with E-state index in [0.717, 1.165) is 45.1 Å². The van der Waals surface area contributed by atoms with Crippen molar-refractivity contribution in [2.75, 3.05) is 13.7 Å². The summed E-state index contributed by atoms with van der Waals surface area (Å²) >= 11 is 0. The lowest BCUT2D eigenvalue weighted by Crippen LogP contribution is -2.26. The molecule has 1 aliphatic rings. The third-order valence-corrected chi connectivity index (χ3v) is 4.84. The first-order chi connectivity index (χ1) is 14.8. The lowest BCUT2D eigenvalue weighted by atomic mass is 10.1. The maximum atomic E-state index is 11.0. The number of unbranched alkanes of at least 4 members (excludes halogenated alkanes) is 4. The van der Waals surface area contributed by atoms with Gasteiger partial charge in [-0.05, 0) is 63.5 Å². The molecule has 0 saturated carbocycles. The molecule has 0 aromatic carbocycles. The summed E-state index contributed by atoms with van der Waals surface area (Å²) < 4.78 is 16.5. The summed E-state index contributed by atoms with van der Waals surface area (Å²) in [5, 5.41) is 0. The van der Waals surface area contributed by atoms with Gasteiger partial charge in [0, 0.05) is 19.4 Å². The highest BCUT2D eigenvalue weighted by atomic mass is 16.7. The zero-order valence-corrected chi connectivity index (χ0v) is 18.9. The molecule has 1 saturated heterocycles. The molecule has 0 aromatic heterocycles. The van der Waals surface area contributed by atoms with E-state index >= 15 is 0 Å². The topological polar surface area (TPSA) is 44.8 Å². The second kappa shape index (κ2) is 19.2. The Morgan fingerprint density at radius 3 is 2.73 bits per heavy atom. The number of hydrogen-bond donors (Lipinski definition) is 0. The molecule has 1 fully saturated rings. The largest absolute Gasteiger partial charge is 0.469 e. The predicted molar refractivity (Wildman–Crippen MR) is 123 cm³/mol. The first kappa shape index (κ1) is 26.2. The second-order valence-electron chi connectivity index (χ2n) is 7.50. The molecule has 0 N–H and O–H groups in total. The fourth-order valence-electron chi connectivity index (χ4n) is 3.05. The Bertz CT molecular complexity index is 574. The van der Waals surface area contributed by atoms with Gasteiger partial charge >= 0.3 is 5.97 Å². The highest BCUT2D eigenvalue weighted by Crippen LogP contribution is 2.17. The van der Waals surface area contributed by atoms with Gasteiger partial charge in [0.05, 0.1) is 13.2 Å². The van der Waals surface area contributed by atoms with Gasteiger partial charge in [-0.1, -0.05) is 55.9 Å². The molecule has 0 amide bonds. The number of esters is 1. The summed E-state index contributed by atoms with van der Waals surface area (Å²) in [7, 11) is 1.42. The highest BCUT2D eigenvalue weighted by molar-refractivity contribution is 5.69. The summed E-state index contributed by atoms with van der Waals surface area (Å²) in [4.78, 5) is 11.0. The average Bonchev–Trinajstić information content (AvgIpc) is 2.77. The molecule has 2 atom stereocenters. The van der Waals surface area contributed by atoms with E-state index in [2.05, 4.69) is 41.7 Å². The molecule has 0 aromatic rings. The predicted octanol–water partition coefficient (Wildman–Crippen LogP) is 6.27. The van der Waals surface area contributed by atoms with Crippen molar-refractivity contribution in [2.24, 2.45) is 0 Å². The fraction of sp³-hybridized carbons (Fsp3) is 0.654. The van der Waals surface area contributed by atoms with Crippen LogP contribution in [-0.2, 0) is 19.0 Å². The third-order valence-electron chi connectivity index (χ3n) is 4.84. The van der Waals surface area contributed by atoms with E-state index in [9.17, 15) is 4.79 Å². The Balaban J connectivity index is 2.36. The summed E-state index contributed by atoms with van der Waals surface area (Å²) in [5.41, 5.74) is 0. The van der Waals surface area contributed by atoms with Crippen molar-refractivity contribution < 1.29 is 19.0 Å². The monoisotopic (exact) mass is 416 g/mol. The van der Waals surface area contributed by atoms with Crippen LogP contribution in [0.4, 0.5) is 0 Å². The standard InChI is InChI=1S/C26H40O4/c1-3-4-5-6-11-14-19-24(30-26-22-17-18-23-29-26)20-15-12-9-7-8-10-13-16-21-25(27)28-2/h8,10-11,14-15,20,24,26H,3-7,13,16-19,21-23H2,1-2H3/b10-8-,14-11-,20-15+/t24-,26?/m0/s1. The van der Waals surface area contributed by atoms with Crippen LogP contribution >= 0.6 is 0 Å². The number of ether oxygens (including phenoxy) is 3. The minimum Gasteiger partial charge on any atom is -0.469 e. The van der Waals surface area contributed by atoms with E-state index in [1.54, 1.807) is 0 Å².